The quantitative estimate of drug-likeness (QED) is 0.522. The summed E-state index contributed by atoms with van der Waals surface area (Å²) in [5.41, 5.74) is 5.17. The molecule has 0 saturated heterocycles. The van der Waals surface area contributed by atoms with E-state index in [9.17, 15) is 0 Å². The summed E-state index contributed by atoms with van der Waals surface area (Å²) < 4.78 is 10.4. The normalized spacial score (nSPS) is 33.1. The summed E-state index contributed by atoms with van der Waals surface area (Å²) in [7, 11) is 1.65. The van der Waals surface area contributed by atoms with Crippen molar-refractivity contribution in [2.75, 3.05) is 7.11 Å². The van der Waals surface area contributed by atoms with Crippen LogP contribution in [0.25, 0.3) is 0 Å². The molecule has 4 nitrogen and oxygen atoms in total. The zero-order chi connectivity index (χ0) is 10.4. The van der Waals surface area contributed by atoms with Gasteiger partial charge in [-0.2, -0.15) is 0 Å². The lowest BCUT2D eigenvalue weighted by molar-refractivity contribution is -0.152. The molecule has 0 saturated carbocycles. The number of aliphatic hydroxyl groups excluding tert-OH is 1. The molecule has 0 fully saturated rings. The molecule has 0 amide bonds. The molecule has 3 unspecified atom stereocenters. The second kappa shape index (κ2) is 6.14. The van der Waals surface area contributed by atoms with Crippen molar-refractivity contribution in [2.45, 2.75) is 44.3 Å². The molecule has 0 aromatic carbocycles. The Hall–Kier alpha value is -0.420. The van der Waals surface area contributed by atoms with Gasteiger partial charge in [0.2, 0.25) is 6.41 Å². The van der Waals surface area contributed by atoms with Gasteiger partial charge in [0.15, 0.2) is 0 Å². The van der Waals surface area contributed by atoms with Gasteiger partial charge in [-0.1, -0.05) is 18.6 Å². The van der Waals surface area contributed by atoms with Crippen LogP contribution in [0.3, 0.4) is 0 Å². The van der Waals surface area contributed by atoms with Gasteiger partial charge in [-0.15, -0.1) is 0 Å². The number of methoxy groups -OCH3 is 1. The molecule has 0 radical (unpaired) electrons. The van der Waals surface area contributed by atoms with Crippen molar-refractivity contribution >= 4 is 0 Å². The molecule has 82 valence electrons. The molecule has 14 heavy (non-hydrogen) atoms. The Labute approximate surface area is 84.7 Å². The van der Waals surface area contributed by atoms with Crippen LogP contribution >= 0.6 is 0 Å². The maximum absolute atomic E-state index is 8.95. The smallest absolute Gasteiger partial charge is 0.211 e. The van der Waals surface area contributed by atoms with Crippen LogP contribution in [0.2, 0.25) is 0 Å². The number of ether oxygens (including phenoxy) is 2. The van der Waals surface area contributed by atoms with E-state index in [1.165, 1.54) is 6.42 Å². The van der Waals surface area contributed by atoms with E-state index < -0.39 is 6.41 Å². The van der Waals surface area contributed by atoms with Crippen LogP contribution in [0.5, 0.6) is 0 Å². The fraction of sp³-hybridized carbons (Fsp3) is 0.800. The van der Waals surface area contributed by atoms with Crippen LogP contribution in [0.4, 0.5) is 0 Å². The van der Waals surface area contributed by atoms with Crippen LogP contribution in [0.1, 0.15) is 25.7 Å². The van der Waals surface area contributed by atoms with E-state index in [1.807, 2.05) is 6.08 Å². The van der Waals surface area contributed by atoms with Gasteiger partial charge < -0.3 is 14.6 Å². The van der Waals surface area contributed by atoms with E-state index >= 15 is 0 Å². The van der Waals surface area contributed by atoms with E-state index in [1.54, 1.807) is 7.11 Å². The Morgan fingerprint density at radius 2 is 2.29 bits per heavy atom. The Balaban J connectivity index is 2.56. The van der Waals surface area contributed by atoms with Gasteiger partial charge >= 0.3 is 0 Å². The molecule has 0 heterocycles. The minimum atomic E-state index is -1.23. The molecular formula is C10H19NO3. The first-order valence-electron chi connectivity index (χ1n) is 5.02. The van der Waals surface area contributed by atoms with Crippen molar-refractivity contribution in [3.8, 4) is 0 Å². The predicted octanol–water partition coefficient (Wildman–Crippen LogP) is 0.751. The lowest BCUT2D eigenvalue weighted by atomic mass is 10.0. The highest BCUT2D eigenvalue weighted by molar-refractivity contribution is 4.95. The third-order valence-corrected chi connectivity index (χ3v) is 2.40. The van der Waals surface area contributed by atoms with Gasteiger partial charge in [-0.05, 0) is 19.3 Å². The molecule has 0 spiro atoms. The van der Waals surface area contributed by atoms with Gasteiger partial charge in [0.1, 0.15) is 6.10 Å². The Morgan fingerprint density at radius 3 is 2.93 bits per heavy atom. The molecule has 3 N–H and O–H groups in total. The number of nitrogens with two attached hydrogens (primary N) is 1. The summed E-state index contributed by atoms with van der Waals surface area (Å²) in [5.74, 6) is 0. The van der Waals surface area contributed by atoms with Crippen molar-refractivity contribution in [2.24, 2.45) is 5.73 Å². The highest BCUT2D eigenvalue weighted by Crippen LogP contribution is 2.17. The number of hydrogen-bond acceptors (Lipinski definition) is 4. The fourth-order valence-electron chi connectivity index (χ4n) is 1.67. The van der Waals surface area contributed by atoms with Crippen LogP contribution in [-0.4, -0.2) is 30.8 Å². The molecule has 3 atom stereocenters. The van der Waals surface area contributed by atoms with Gasteiger partial charge in [-0.3, -0.25) is 5.73 Å². The average Bonchev–Trinajstić information content (AvgIpc) is 2.10. The summed E-state index contributed by atoms with van der Waals surface area (Å²) in [6.45, 7) is 0. The van der Waals surface area contributed by atoms with Gasteiger partial charge in [0.05, 0.1) is 6.10 Å². The van der Waals surface area contributed by atoms with E-state index in [0.717, 1.165) is 19.3 Å². The predicted molar refractivity (Wildman–Crippen MR) is 53.5 cm³/mol. The number of allylic oxidation sites excluding steroid dienone is 1. The minimum Gasteiger partial charge on any atom is -0.378 e. The summed E-state index contributed by atoms with van der Waals surface area (Å²) in [6.07, 6.45) is 6.78. The molecule has 0 bridgehead atoms. The minimum absolute atomic E-state index is 0.00949. The van der Waals surface area contributed by atoms with E-state index in [-0.39, 0.29) is 12.2 Å². The van der Waals surface area contributed by atoms with Crippen molar-refractivity contribution in [1.82, 2.24) is 0 Å². The number of aliphatic hydroxyl groups is 1. The SMILES string of the molecule is COC1CCCC/C=C/C1OC(N)O. The molecule has 4 heteroatoms. The third-order valence-electron chi connectivity index (χ3n) is 2.40. The zero-order valence-corrected chi connectivity index (χ0v) is 8.56. The topological polar surface area (TPSA) is 64.7 Å². The molecular weight excluding hydrogens is 182 g/mol. The Morgan fingerprint density at radius 1 is 1.50 bits per heavy atom. The maximum atomic E-state index is 8.95. The monoisotopic (exact) mass is 201 g/mol. The van der Waals surface area contributed by atoms with Crippen LogP contribution in [0, 0.1) is 0 Å². The highest BCUT2D eigenvalue weighted by Gasteiger charge is 2.21. The number of rotatable bonds is 3. The van der Waals surface area contributed by atoms with E-state index in [0.29, 0.717) is 0 Å². The molecule has 0 aromatic rings. The molecule has 0 aromatic heterocycles. The lowest BCUT2D eigenvalue weighted by Crippen LogP contribution is -2.36. The number of hydrogen-bond donors (Lipinski definition) is 2. The Bertz CT molecular complexity index is 182. The van der Waals surface area contributed by atoms with Crippen LogP contribution in [-0.2, 0) is 9.47 Å². The molecule has 1 aliphatic carbocycles. The Kier molecular flexibility index (Phi) is 5.11. The molecule has 1 rings (SSSR count). The second-order valence-corrected chi connectivity index (χ2v) is 3.48. The standard InChI is InChI=1S/C10H19NO3/c1-13-8-6-4-2-3-5-7-9(8)14-10(11)12/h5,7-10,12H,2-4,6,11H2,1H3/b7-5+. The summed E-state index contributed by atoms with van der Waals surface area (Å²) in [5, 5.41) is 8.95. The average molecular weight is 201 g/mol. The summed E-state index contributed by atoms with van der Waals surface area (Å²) in [6, 6.07) is 0. The van der Waals surface area contributed by atoms with Crippen molar-refractivity contribution in [1.29, 1.82) is 0 Å². The first-order valence-corrected chi connectivity index (χ1v) is 5.02. The molecule has 0 aliphatic heterocycles. The van der Waals surface area contributed by atoms with Crippen molar-refractivity contribution in [3.05, 3.63) is 12.2 Å². The van der Waals surface area contributed by atoms with Gasteiger partial charge in [0, 0.05) is 7.11 Å². The van der Waals surface area contributed by atoms with Crippen LogP contribution in [0.15, 0.2) is 12.2 Å². The van der Waals surface area contributed by atoms with Gasteiger partial charge in [-0.25, -0.2) is 0 Å². The highest BCUT2D eigenvalue weighted by atomic mass is 16.6. The third kappa shape index (κ3) is 3.75. The second-order valence-electron chi connectivity index (χ2n) is 3.48. The van der Waals surface area contributed by atoms with E-state index in [4.69, 9.17) is 20.3 Å². The zero-order valence-electron chi connectivity index (χ0n) is 8.56. The van der Waals surface area contributed by atoms with Crippen molar-refractivity contribution < 1.29 is 14.6 Å². The largest absolute Gasteiger partial charge is 0.378 e. The lowest BCUT2D eigenvalue weighted by Gasteiger charge is -2.26. The first kappa shape index (κ1) is 11.7. The molecule has 1 aliphatic rings. The summed E-state index contributed by atoms with van der Waals surface area (Å²) in [4.78, 5) is 0. The fourth-order valence-corrected chi connectivity index (χ4v) is 1.67. The maximum Gasteiger partial charge on any atom is 0.211 e. The van der Waals surface area contributed by atoms with E-state index in [2.05, 4.69) is 6.08 Å². The van der Waals surface area contributed by atoms with Crippen molar-refractivity contribution in [3.63, 3.8) is 0 Å². The first-order chi connectivity index (χ1) is 6.74. The van der Waals surface area contributed by atoms with Gasteiger partial charge in [0.25, 0.3) is 0 Å². The van der Waals surface area contributed by atoms with Crippen LogP contribution < -0.4 is 5.73 Å². The summed E-state index contributed by atoms with van der Waals surface area (Å²) >= 11 is 0.